The Kier molecular flexibility index (Phi) is 5.85. The first kappa shape index (κ1) is 16.5. The third kappa shape index (κ3) is 4.83. The van der Waals surface area contributed by atoms with E-state index in [4.69, 9.17) is 4.74 Å². The van der Waals surface area contributed by atoms with Crippen molar-refractivity contribution >= 4 is 5.91 Å². The van der Waals surface area contributed by atoms with Crippen molar-refractivity contribution in [2.45, 2.75) is 26.0 Å². The fraction of sp³-hybridized carbons (Fsp3) is 0.350. The first-order valence-electron chi connectivity index (χ1n) is 8.55. The standard InChI is InChI=1S/C20H24N2O2/c23-20(18-7-4-12-21-14-18)22-13-16-8-10-19(11-9-16)24-15-17-5-2-1-3-6-17/h1-3,5-6,8-11,18,21H,4,7,12-15H2,(H,22,23)/t18-/m1/s1. The number of carbonyl (C=O) groups is 1. The number of carbonyl (C=O) groups excluding carboxylic acids is 1. The number of benzene rings is 2. The molecule has 0 unspecified atom stereocenters. The zero-order valence-corrected chi connectivity index (χ0v) is 13.8. The molecule has 0 radical (unpaired) electrons. The van der Waals surface area contributed by atoms with E-state index in [-0.39, 0.29) is 11.8 Å². The number of piperidine rings is 1. The smallest absolute Gasteiger partial charge is 0.224 e. The van der Waals surface area contributed by atoms with Gasteiger partial charge in [0.25, 0.3) is 0 Å². The molecule has 2 aromatic carbocycles. The van der Waals surface area contributed by atoms with Gasteiger partial charge in [-0.25, -0.2) is 0 Å². The maximum absolute atomic E-state index is 12.1. The number of hydrogen-bond acceptors (Lipinski definition) is 3. The van der Waals surface area contributed by atoms with Gasteiger partial charge < -0.3 is 15.4 Å². The molecule has 0 aromatic heterocycles. The summed E-state index contributed by atoms with van der Waals surface area (Å²) in [6.45, 7) is 2.94. The zero-order valence-electron chi connectivity index (χ0n) is 13.8. The predicted octanol–water partition coefficient (Wildman–Crippen LogP) is 2.88. The highest BCUT2D eigenvalue weighted by Gasteiger charge is 2.20. The minimum absolute atomic E-state index is 0.104. The van der Waals surface area contributed by atoms with Gasteiger partial charge in [-0.1, -0.05) is 42.5 Å². The molecule has 1 amide bonds. The molecule has 1 fully saturated rings. The molecular weight excluding hydrogens is 300 g/mol. The molecule has 1 saturated heterocycles. The Morgan fingerprint density at radius 2 is 1.88 bits per heavy atom. The average molecular weight is 324 g/mol. The first-order chi connectivity index (χ1) is 11.8. The normalized spacial score (nSPS) is 17.2. The minimum Gasteiger partial charge on any atom is -0.489 e. The van der Waals surface area contributed by atoms with Crippen LogP contribution in [0.5, 0.6) is 5.75 Å². The van der Waals surface area contributed by atoms with Crippen LogP contribution in [-0.2, 0) is 17.9 Å². The number of amides is 1. The van der Waals surface area contributed by atoms with Crippen molar-refractivity contribution < 1.29 is 9.53 Å². The van der Waals surface area contributed by atoms with Gasteiger partial charge in [-0.15, -0.1) is 0 Å². The second-order valence-corrected chi connectivity index (χ2v) is 6.18. The van der Waals surface area contributed by atoms with Crippen molar-refractivity contribution in [3.8, 4) is 5.75 Å². The van der Waals surface area contributed by atoms with E-state index < -0.39 is 0 Å². The summed E-state index contributed by atoms with van der Waals surface area (Å²) in [5, 5.41) is 6.30. The van der Waals surface area contributed by atoms with Crippen LogP contribution in [0.2, 0.25) is 0 Å². The van der Waals surface area contributed by atoms with Crippen LogP contribution in [-0.4, -0.2) is 19.0 Å². The van der Waals surface area contributed by atoms with Gasteiger partial charge in [0.1, 0.15) is 12.4 Å². The summed E-state index contributed by atoms with van der Waals surface area (Å²) in [6, 6.07) is 18.0. The Labute approximate surface area is 143 Å². The Balaban J connectivity index is 1.45. The molecule has 0 aliphatic carbocycles. The van der Waals surface area contributed by atoms with Gasteiger partial charge in [0.15, 0.2) is 0 Å². The van der Waals surface area contributed by atoms with Gasteiger partial charge in [0.05, 0.1) is 5.92 Å². The molecule has 126 valence electrons. The van der Waals surface area contributed by atoms with E-state index in [0.29, 0.717) is 13.2 Å². The molecule has 0 spiro atoms. The highest BCUT2D eigenvalue weighted by atomic mass is 16.5. The van der Waals surface area contributed by atoms with Crippen LogP contribution in [0.1, 0.15) is 24.0 Å². The summed E-state index contributed by atoms with van der Waals surface area (Å²) >= 11 is 0. The number of rotatable bonds is 6. The van der Waals surface area contributed by atoms with Crippen LogP contribution in [0, 0.1) is 5.92 Å². The summed E-state index contributed by atoms with van der Waals surface area (Å²) in [7, 11) is 0. The van der Waals surface area contributed by atoms with E-state index in [1.165, 1.54) is 0 Å². The Bertz CT molecular complexity index is 634. The quantitative estimate of drug-likeness (QED) is 0.859. The topological polar surface area (TPSA) is 50.4 Å². The average Bonchev–Trinajstić information content (AvgIpc) is 2.67. The van der Waals surface area contributed by atoms with Crippen LogP contribution in [0.4, 0.5) is 0 Å². The molecule has 1 aliphatic heterocycles. The predicted molar refractivity (Wildman–Crippen MR) is 94.7 cm³/mol. The van der Waals surface area contributed by atoms with Crippen molar-refractivity contribution in [2.24, 2.45) is 5.92 Å². The minimum atomic E-state index is 0.104. The molecule has 2 N–H and O–H groups in total. The summed E-state index contributed by atoms with van der Waals surface area (Å²) in [4.78, 5) is 12.1. The molecule has 0 saturated carbocycles. The van der Waals surface area contributed by atoms with Crippen molar-refractivity contribution in [3.63, 3.8) is 0 Å². The third-order valence-electron chi connectivity index (χ3n) is 4.31. The van der Waals surface area contributed by atoms with Crippen LogP contribution in [0.3, 0.4) is 0 Å². The number of ether oxygens (including phenoxy) is 1. The lowest BCUT2D eigenvalue weighted by Crippen LogP contribution is -2.40. The van der Waals surface area contributed by atoms with Crippen molar-refractivity contribution in [2.75, 3.05) is 13.1 Å². The van der Waals surface area contributed by atoms with E-state index in [2.05, 4.69) is 10.6 Å². The highest BCUT2D eigenvalue weighted by Crippen LogP contribution is 2.15. The lowest BCUT2D eigenvalue weighted by molar-refractivity contribution is -0.125. The Hall–Kier alpha value is -2.33. The summed E-state index contributed by atoms with van der Waals surface area (Å²) in [5.74, 6) is 1.09. The molecule has 4 heteroatoms. The van der Waals surface area contributed by atoms with Crippen molar-refractivity contribution in [1.82, 2.24) is 10.6 Å². The van der Waals surface area contributed by atoms with E-state index in [0.717, 1.165) is 42.8 Å². The van der Waals surface area contributed by atoms with E-state index in [1.54, 1.807) is 0 Å². The van der Waals surface area contributed by atoms with Gasteiger partial charge in [-0.3, -0.25) is 4.79 Å². The van der Waals surface area contributed by atoms with E-state index in [1.807, 2.05) is 54.6 Å². The maximum atomic E-state index is 12.1. The zero-order chi connectivity index (χ0) is 16.6. The van der Waals surface area contributed by atoms with Gasteiger partial charge in [0, 0.05) is 13.1 Å². The molecule has 1 heterocycles. The van der Waals surface area contributed by atoms with Gasteiger partial charge >= 0.3 is 0 Å². The maximum Gasteiger partial charge on any atom is 0.224 e. The number of nitrogens with one attached hydrogen (secondary N) is 2. The van der Waals surface area contributed by atoms with Crippen LogP contribution >= 0.6 is 0 Å². The van der Waals surface area contributed by atoms with Gasteiger partial charge in [0.2, 0.25) is 5.91 Å². The fourth-order valence-corrected chi connectivity index (χ4v) is 2.85. The largest absolute Gasteiger partial charge is 0.489 e. The van der Waals surface area contributed by atoms with E-state index >= 15 is 0 Å². The number of hydrogen-bond donors (Lipinski definition) is 2. The molecule has 24 heavy (non-hydrogen) atoms. The lowest BCUT2D eigenvalue weighted by atomic mass is 9.99. The summed E-state index contributed by atoms with van der Waals surface area (Å²) < 4.78 is 5.77. The molecule has 2 aromatic rings. The second-order valence-electron chi connectivity index (χ2n) is 6.18. The molecule has 4 nitrogen and oxygen atoms in total. The molecule has 3 rings (SSSR count). The summed E-state index contributed by atoms with van der Waals surface area (Å²) in [5.41, 5.74) is 2.23. The first-order valence-corrected chi connectivity index (χ1v) is 8.55. The fourth-order valence-electron chi connectivity index (χ4n) is 2.85. The molecule has 0 bridgehead atoms. The highest BCUT2D eigenvalue weighted by molar-refractivity contribution is 5.78. The van der Waals surface area contributed by atoms with Crippen LogP contribution < -0.4 is 15.4 Å². The SMILES string of the molecule is O=C(NCc1ccc(OCc2ccccc2)cc1)[C@@H]1CCCNC1. The van der Waals surface area contributed by atoms with Gasteiger partial charge in [-0.2, -0.15) is 0 Å². The Morgan fingerprint density at radius 3 is 2.58 bits per heavy atom. The molecule has 1 aliphatic rings. The van der Waals surface area contributed by atoms with E-state index in [9.17, 15) is 4.79 Å². The summed E-state index contributed by atoms with van der Waals surface area (Å²) in [6.07, 6.45) is 2.05. The monoisotopic (exact) mass is 324 g/mol. The lowest BCUT2D eigenvalue weighted by Gasteiger charge is -2.21. The van der Waals surface area contributed by atoms with Crippen molar-refractivity contribution in [3.05, 3.63) is 65.7 Å². The van der Waals surface area contributed by atoms with Crippen molar-refractivity contribution in [1.29, 1.82) is 0 Å². The third-order valence-corrected chi connectivity index (χ3v) is 4.31. The van der Waals surface area contributed by atoms with Crippen LogP contribution in [0.15, 0.2) is 54.6 Å². The van der Waals surface area contributed by atoms with Crippen LogP contribution in [0.25, 0.3) is 0 Å². The molecule has 1 atom stereocenters. The second kappa shape index (κ2) is 8.50. The van der Waals surface area contributed by atoms with Gasteiger partial charge in [-0.05, 0) is 42.6 Å². The molecular formula is C20H24N2O2. The Morgan fingerprint density at radius 1 is 1.08 bits per heavy atom.